The van der Waals surface area contributed by atoms with Gasteiger partial charge in [-0.25, -0.2) is 14.8 Å². The van der Waals surface area contributed by atoms with Gasteiger partial charge >= 0.3 is 11.9 Å². The Labute approximate surface area is 283 Å². The molecule has 0 radical (unpaired) electrons. The SMILES string of the molecule is CC[C@@H]1[C@@H]2CN(C(=O)[C@H](C3CCCCC3)CC(=O)O[C@@H]3C[C@H]3CCC/C=C/c3nc4ccc(OC)cc4nc3O2)[C@@H]1C(=O)OC(C)(C)C. The normalized spacial score (nSPS) is 29.5. The van der Waals surface area contributed by atoms with Crippen LogP contribution in [0.1, 0.15) is 104 Å². The van der Waals surface area contributed by atoms with Gasteiger partial charge in [0.25, 0.3) is 0 Å². The molecule has 1 saturated heterocycles. The smallest absolute Gasteiger partial charge is 0.329 e. The van der Waals surface area contributed by atoms with E-state index in [1.54, 1.807) is 12.0 Å². The molecule has 2 aliphatic heterocycles. The number of esters is 2. The molecule has 1 amide bonds. The third kappa shape index (κ3) is 7.78. The molecule has 0 unspecified atom stereocenters. The molecule has 10 heteroatoms. The Morgan fingerprint density at radius 1 is 0.979 bits per heavy atom. The predicted molar refractivity (Wildman–Crippen MR) is 181 cm³/mol. The van der Waals surface area contributed by atoms with Gasteiger partial charge in [0, 0.05) is 12.0 Å². The summed E-state index contributed by atoms with van der Waals surface area (Å²) in [6.45, 7) is 7.66. The number of amides is 1. The van der Waals surface area contributed by atoms with E-state index in [2.05, 4.69) is 6.08 Å². The Hall–Kier alpha value is -3.69. The van der Waals surface area contributed by atoms with E-state index in [4.69, 9.17) is 28.9 Å². The fourth-order valence-electron chi connectivity index (χ4n) is 7.84. The molecule has 6 atom stereocenters. The van der Waals surface area contributed by atoms with Gasteiger partial charge in [0.1, 0.15) is 35.3 Å². The second-order valence-electron chi connectivity index (χ2n) is 15.0. The molecule has 10 nitrogen and oxygen atoms in total. The number of carbonyl (C=O) groups excluding carboxylic acids is 3. The second kappa shape index (κ2) is 14.4. The number of hydrogen-bond donors (Lipinski definition) is 0. The topological polar surface area (TPSA) is 117 Å². The number of ether oxygens (including phenoxy) is 4. The fourth-order valence-corrected chi connectivity index (χ4v) is 7.84. The number of allylic oxidation sites excluding steroid dienone is 1. The zero-order valence-electron chi connectivity index (χ0n) is 29.1. The van der Waals surface area contributed by atoms with E-state index in [9.17, 15) is 14.4 Å². The minimum absolute atomic E-state index is 0.0252. The molecule has 0 spiro atoms. The largest absolute Gasteiger partial charge is 0.497 e. The molecule has 2 saturated carbocycles. The lowest BCUT2D eigenvalue weighted by atomic mass is 9.77. The first-order chi connectivity index (χ1) is 23.0. The number of benzene rings is 1. The first kappa shape index (κ1) is 34.2. The van der Waals surface area contributed by atoms with Gasteiger partial charge < -0.3 is 23.8 Å². The summed E-state index contributed by atoms with van der Waals surface area (Å²) in [7, 11) is 1.61. The molecular formula is C38H51N3O7. The Morgan fingerprint density at radius 2 is 1.75 bits per heavy atom. The van der Waals surface area contributed by atoms with Crippen LogP contribution in [0.2, 0.25) is 0 Å². The van der Waals surface area contributed by atoms with E-state index in [1.165, 1.54) is 0 Å². The molecule has 4 aliphatic rings. The van der Waals surface area contributed by atoms with Crippen LogP contribution in [0.3, 0.4) is 0 Å². The van der Waals surface area contributed by atoms with Crippen molar-refractivity contribution in [2.24, 2.45) is 23.7 Å². The highest BCUT2D eigenvalue weighted by Crippen LogP contribution is 2.41. The van der Waals surface area contributed by atoms with Gasteiger partial charge in [0.2, 0.25) is 11.8 Å². The van der Waals surface area contributed by atoms with Gasteiger partial charge in [0.15, 0.2) is 0 Å². The van der Waals surface area contributed by atoms with Crippen molar-refractivity contribution in [3.8, 4) is 11.6 Å². The van der Waals surface area contributed by atoms with Crippen LogP contribution in [-0.4, -0.2) is 70.2 Å². The molecule has 260 valence electrons. The van der Waals surface area contributed by atoms with Gasteiger partial charge in [0.05, 0.1) is 37.0 Å². The average Bonchev–Trinajstić information content (AvgIpc) is 3.68. The maximum atomic E-state index is 14.8. The van der Waals surface area contributed by atoms with Crippen molar-refractivity contribution in [3.05, 3.63) is 30.0 Å². The lowest BCUT2D eigenvalue weighted by Crippen LogP contribution is -2.49. The zero-order chi connectivity index (χ0) is 34.0. The monoisotopic (exact) mass is 661 g/mol. The Kier molecular flexibility index (Phi) is 10.3. The predicted octanol–water partition coefficient (Wildman–Crippen LogP) is 6.68. The quantitative estimate of drug-likeness (QED) is 0.331. The van der Waals surface area contributed by atoms with Crippen molar-refractivity contribution in [1.82, 2.24) is 14.9 Å². The molecular weight excluding hydrogens is 610 g/mol. The number of rotatable bonds is 4. The summed E-state index contributed by atoms with van der Waals surface area (Å²) >= 11 is 0. The molecule has 2 aliphatic carbocycles. The van der Waals surface area contributed by atoms with E-state index in [0.717, 1.165) is 57.8 Å². The van der Waals surface area contributed by atoms with E-state index in [0.29, 0.717) is 40.7 Å². The van der Waals surface area contributed by atoms with Crippen molar-refractivity contribution in [1.29, 1.82) is 0 Å². The van der Waals surface area contributed by atoms with Crippen molar-refractivity contribution in [2.75, 3.05) is 13.7 Å². The van der Waals surface area contributed by atoms with Crippen LogP contribution in [-0.2, 0) is 23.9 Å². The summed E-state index contributed by atoms with van der Waals surface area (Å²) in [5, 5.41) is 0. The number of aromatic nitrogens is 2. The zero-order valence-corrected chi connectivity index (χ0v) is 29.1. The van der Waals surface area contributed by atoms with Gasteiger partial charge in [-0.1, -0.05) is 32.3 Å². The number of hydrogen-bond acceptors (Lipinski definition) is 9. The first-order valence-corrected chi connectivity index (χ1v) is 18.0. The summed E-state index contributed by atoms with van der Waals surface area (Å²) in [5.41, 5.74) is 1.19. The fraction of sp³-hybridized carbons (Fsp3) is 0.658. The van der Waals surface area contributed by atoms with E-state index in [-0.39, 0.29) is 42.8 Å². The average molecular weight is 662 g/mol. The molecule has 1 aromatic heterocycles. The van der Waals surface area contributed by atoms with Crippen molar-refractivity contribution >= 4 is 35.0 Å². The molecule has 6 rings (SSSR count). The van der Waals surface area contributed by atoms with E-state index < -0.39 is 29.6 Å². The maximum absolute atomic E-state index is 14.8. The lowest BCUT2D eigenvalue weighted by molar-refractivity contribution is -0.166. The Bertz CT molecular complexity index is 1530. The summed E-state index contributed by atoms with van der Waals surface area (Å²) in [5.74, 6) is -0.486. The third-order valence-corrected chi connectivity index (χ3v) is 10.4. The van der Waals surface area contributed by atoms with Gasteiger partial charge in [-0.05, 0) is 95.8 Å². The first-order valence-electron chi connectivity index (χ1n) is 18.0. The third-order valence-electron chi connectivity index (χ3n) is 10.4. The Morgan fingerprint density at radius 3 is 2.48 bits per heavy atom. The van der Waals surface area contributed by atoms with Crippen LogP contribution in [0.5, 0.6) is 11.6 Å². The number of nitrogens with zero attached hydrogens (tertiary/aromatic N) is 3. The van der Waals surface area contributed by atoms with Gasteiger partial charge in [-0.3, -0.25) is 9.59 Å². The highest BCUT2D eigenvalue weighted by Gasteiger charge is 2.52. The lowest BCUT2D eigenvalue weighted by Gasteiger charge is -2.35. The summed E-state index contributed by atoms with van der Waals surface area (Å²) in [4.78, 5) is 53.6. The van der Waals surface area contributed by atoms with Crippen molar-refractivity contribution in [2.45, 2.75) is 122 Å². The number of methoxy groups -OCH3 is 1. The van der Waals surface area contributed by atoms with Crippen LogP contribution < -0.4 is 9.47 Å². The molecule has 2 aromatic rings. The van der Waals surface area contributed by atoms with Gasteiger partial charge in [-0.15, -0.1) is 0 Å². The van der Waals surface area contributed by atoms with Crippen molar-refractivity contribution < 1.29 is 33.3 Å². The van der Waals surface area contributed by atoms with Gasteiger partial charge in [-0.2, -0.15) is 0 Å². The highest BCUT2D eigenvalue weighted by atomic mass is 16.6. The van der Waals surface area contributed by atoms with Crippen LogP contribution >= 0.6 is 0 Å². The molecule has 3 heterocycles. The van der Waals surface area contributed by atoms with E-state index >= 15 is 0 Å². The second-order valence-corrected chi connectivity index (χ2v) is 15.0. The molecule has 1 aromatic carbocycles. The standard InChI is InChI=1S/C38H51N3O7/c1-6-26-32-22-41(34(26)37(44)48-38(2,3)4)36(43)27(23-13-9-7-10-14-23)21-33(42)46-31-19-24(31)15-11-8-12-16-29-35(47-32)40-30-20-25(45-5)17-18-28(30)39-29/h12,16-18,20,23-24,26-27,31-32,34H,6-11,13-15,19,21-22H2,1-5H3/b16-12+/t24-,26-,27+,31-,32+,34+/m1/s1. The molecule has 2 bridgehead atoms. The van der Waals surface area contributed by atoms with Crippen molar-refractivity contribution in [3.63, 3.8) is 0 Å². The van der Waals surface area contributed by atoms with Crippen LogP contribution in [0.25, 0.3) is 17.1 Å². The summed E-state index contributed by atoms with van der Waals surface area (Å²) < 4.78 is 24.1. The number of carbonyl (C=O) groups is 3. The number of fused-ring (bicyclic) bond motifs is 5. The minimum atomic E-state index is -0.865. The highest BCUT2D eigenvalue weighted by molar-refractivity contribution is 5.89. The van der Waals surface area contributed by atoms with Crippen LogP contribution in [0.4, 0.5) is 0 Å². The van der Waals surface area contributed by atoms with Crippen LogP contribution in [0.15, 0.2) is 24.3 Å². The van der Waals surface area contributed by atoms with E-state index in [1.807, 2.05) is 52.0 Å². The molecule has 3 fully saturated rings. The Balaban J connectivity index is 1.41. The summed E-state index contributed by atoms with van der Waals surface area (Å²) in [6, 6.07) is 4.70. The summed E-state index contributed by atoms with van der Waals surface area (Å²) in [6.07, 6.45) is 12.5. The minimum Gasteiger partial charge on any atom is -0.497 e. The maximum Gasteiger partial charge on any atom is 0.329 e. The molecule has 48 heavy (non-hydrogen) atoms. The molecule has 0 N–H and O–H groups in total. The van der Waals surface area contributed by atoms with Crippen LogP contribution in [0, 0.1) is 23.7 Å².